The van der Waals surface area contributed by atoms with Crippen molar-refractivity contribution in [1.29, 1.82) is 0 Å². The van der Waals surface area contributed by atoms with Crippen LogP contribution in [0.3, 0.4) is 0 Å². The van der Waals surface area contributed by atoms with Gasteiger partial charge in [0.05, 0.1) is 25.4 Å². The minimum Gasteiger partial charge on any atom is -0.508 e. The maximum Gasteiger partial charge on any atom is 0.326 e. The average molecular weight is 1180 g/mol. The molecule has 0 saturated carbocycles. The maximum absolute atomic E-state index is 14.7. The Morgan fingerprint density at radius 3 is 1.42 bits per heavy atom. The number of carbonyl (C=O) groups excluding carboxylic acids is 9. The summed E-state index contributed by atoms with van der Waals surface area (Å²) in [5, 5.41) is 52.4. The number of aromatic nitrogens is 4. The van der Waals surface area contributed by atoms with E-state index in [-0.39, 0.29) is 43.8 Å². The molecule has 9 amide bonds. The molecule has 0 radical (unpaired) electrons. The Morgan fingerprint density at radius 2 is 0.965 bits per heavy atom. The van der Waals surface area contributed by atoms with Crippen LogP contribution < -0.4 is 54.0 Å². The van der Waals surface area contributed by atoms with Crippen molar-refractivity contribution < 1.29 is 63.3 Å². The van der Waals surface area contributed by atoms with E-state index in [1.54, 1.807) is 68.7 Å². The Kier molecular flexibility index (Phi) is 22.8. The Bertz CT molecular complexity index is 3320. The summed E-state index contributed by atoms with van der Waals surface area (Å²) >= 11 is 0. The number of phenolic OH excluding ortho intramolecular Hbond substituents is 1. The molecule has 18 N–H and O–H groups in total. The van der Waals surface area contributed by atoms with Gasteiger partial charge in [-0.05, 0) is 66.1 Å². The Labute approximate surface area is 488 Å². The standard InChI is InChI=1S/C58H74N14O13/c1-29(2)18-41(65-50(76)31(5)59)51(77)67-43(20-33-24-62-39-12-8-6-10-37(33)39)53(79)66-42(19-32-14-16-36(74)17-15-32)52(78)71-47(27-73)57(83)70-46(23-48(60)75)55(81)69-45(22-35-26-61-28-64-35)54(80)68-44(56(82)72-49(30(3)4)58(84)85)21-34-25-63-40-13-9-7-11-38(34)40/h6-17,24-26,28-31,41-47,49,62-63,73-74H,18-23,27,59H2,1-5H3,(H2,60,75)(H,61,64)(H,65,76)(H,66,79)(H,67,77)(H,68,80)(H,69,81)(H,70,83)(H,71,78)(H,72,82)(H,84,85)/t31-,41-,42-,43-,44-,45-,46-,47-,49-/m0/s1. The number of carbonyl (C=O) groups is 10. The predicted molar refractivity (Wildman–Crippen MR) is 310 cm³/mol. The molecule has 0 bridgehead atoms. The van der Waals surface area contributed by atoms with E-state index in [1.807, 2.05) is 19.9 Å². The average Bonchev–Trinajstić information content (AvgIpc) is 4.19. The number of imidazole rings is 1. The highest BCUT2D eigenvalue weighted by Crippen LogP contribution is 2.22. The van der Waals surface area contributed by atoms with Crippen LogP contribution in [0, 0.1) is 11.8 Å². The summed E-state index contributed by atoms with van der Waals surface area (Å²) in [6.07, 6.45) is 4.34. The first kappa shape index (κ1) is 64.5. The molecule has 3 aromatic carbocycles. The van der Waals surface area contributed by atoms with E-state index in [2.05, 4.69) is 62.5 Å². The number of nitrogens with two attached hydrogens (primary N) is 2. The molecule has 454 valence electrons. The van der Waals surface area contributed by atoms with Gasteiger partial charge in [-0.3, -0.25) is 43.2 Å². The summed E-state index contributed by atoms with van der Waals surface area (Å²) in [6.45, 7) is 7.17. The van der Waals surface area contributed by atoms with Crippen molar-refractivity contribution in [2.45, 2.75) is 128 Å². The minimum atomic E-state index is -1.89. The summed E-state index contributed by atoms with van der Waals surface area (Å²) in [7, 11) is 0. The molecule has 6 rings (SSSR count). The first-order chi connectivity index (χ1) is 40.4. The van der Waals surface area contributed by atoms with Crippen molar-refractivity contribution in [2.24, 2.45) is 23.3 Å². The van der Waals surface area contributed by atoms with Crippen molar-refractivity contribution in [1.82, 2.24) is 62.5 Å². The van der Waals surface area contributed by atoms with Crippen LogP contribution in [0.2, 0.25) is 0 Å². The smallest absolute Gasteiger partial charge is 0.326 e. The van der Waals surface area contributed by atoms with Gasteiger partial charge >= 0.3 is 5.97 Å². The number of aromatic hydroxyl groups is 1. The number of nitrogens with one attached hydrogen (secondary N) is 11. The van der Waals surface area contributed by atoms with E-state index < -0.39 is 132 Å². The summed E-state index contributed by atoms with van der Waals surface area (Å²) < 4.78 is 0. The van der Waals surface area contributed by atoms with Crippen molar-refractivity contribution in [3.63, 3.8) is 0 Å². The third-order valence-electron chi connectivity index (χ3n) is 13.9. The molecular formula is C58H74N14O13. The molecular weight excluding hydrogens is 1100 g/mol. The molecule has 0 fully saturated rings. The van der Waals surface area contributed by atoms with E-state index in [4.69, 9.17) is 11.5 Å². The number of rotatable bonds is 31. The highest BCUT2D eigenvalue weighted by atomic mass is 16.4. The molecule has 0 saturated heterocycles. The molecule has 27 nitrogen and oxygen atoms in total. The first-order valence-corrected chi connectivity index (χ1v) is 27.6. The number of fused-ring (bicyclic) bond motifs is 2. The van der Waals surface area contributed by atoms with Crippen LogP contribution in [0.15, 0.2) is 97.7 Å². The van der Waals surface area contributed by atoms with Crippen LogP contribution >= 0.6 is 0 Å². The first-order valence-electron chi connectivity index (χ1n) is 27.6. The normalized spacial score (nSPS) is 14.6. The van der Waals surface area contributed by atoms with Crippen LogP contribution in [0.25, 0.3) is 21.8 Å². The van der Waals surface area contributed by atoms with Crippen molar-refractivity contribution in [3.05, 3.63) is 120 Å². The molecule has 27 heteroatoms. The molecule has 0 aliphatic heterocycles. The SMILES string of the molecule is CC(C)C[C@H](NC(=O)[C@H](C)N)C(=O)N[C@@H](Cc1c[nH]c2ccccc12)C(=O)N[C@@H](Cc1ccc(O)cc1)C(=O)N[C@@H](CO)C(=O)N[C@@H](CC(N)=O)C(=O)N[C@@H](Cc1cnc[nH]1)C(=O)N[C@@H](Cc1c[nH]c2ccccc12)C(=O)N[C@H](C(=O)O)C(C)C. The second-order valence-electron chi connectivity index (χ2n) is 21.5. The number of nitrogens with zero attached hydrogens (tertiary/aromatic N) is 1. The van der Waals surface area contributed by atoms with Crippen LogP contribution in [-0.4, -0.2) is 155 Å². The van der Waals surface area contributed by atoms with Gasteiger partial charge in [0, 0.05) is 71.8 Å². The Balaban J connectivity index is 1.24. The van der Waals surface area contributed by atoms with E-state index in [0.717, 1.165) is 10.9 Å². The number of hydrogen-bond donors (Lipinski definition) is 16. The highest BCUT2D eigenvalue weighted by molar-refractivity contribution is 6.00. The van der Waals surface area contributed by atoms with Crippen LogP contribution in [0.1, 0.15) is 69.8 Å². The quantitative estimate of drug-likeness (QED) is 0.0254. The Hall–Kier alpha value is -9.63. The number of aliphatic hydroxyl groups is 1. The van der Waals surface area contributed by atoms with Crippen LogP contribution in [0.5, 0.6) is 5.75 Å². The van der Waals surface area contributed by atoms with E-state index >= 15 is 0 Å². The molecule has 6 aromatic rings. The number of primary amides is 1. The summed E-state index contributed by atoms with van der Waals surface area (Å²) in [6, 6.07) is 6.70. The predicted octanol–water partition coefficient (Wildman–Crippen LogP) is -0.772. The zero-order chi connectivity index (χ0) is 62.1. The lowest BCUT2D eigenvalue weighted by Gasteiger charge is -2.28. The van der Waals surface area contributed by atoms with Crippen molar-refractivity contribution >= 4 is 80.9 Å². The van der Waals surface area contributed by atoms with Crippen molar-refractivity contribution in [2.75, 3.05) is 6.61 Å². The zero-order valence-electron chi connectivity index (χ0n) is 47.6. The molecule has 0 unspecified atom stereocenters. The third-order valence-corrected chi connectivity index (χ3v) is 13.9. The number of benzene rings is 3. The van der Waals surface area contributed by atoms with Gasteiger partial charge in [0.25, 0.3) is 0 Å². The lowest BCUT2D eigenvalue weighted by Crippen LogP contribution is -2.62. The number of aliphatic carboxylic acids is 1. The van der Waals surface area contributed by atoms with Gasteiger partial charge in [0.15, 0.2) is 0 Å². The fourth-order valence-corrected chi connectivity index (χ4v) is 9.37. The van der Waals surface area contributed by atoms with E-state index in [0.29, 0.717) is 33.3 Å². The fraction of sp³-hybridized carbons (Fsp3) is 0.397. The van der Waals surface area contributed by atoms with E-state index in [9.17, 15) is 63.3 Å². The summed E-state index contributed by atoms with van der Waals surface area (Å²) in [5.74, 6) is -10.7. The topological polar surface area (TPSA) is 440 Å². The molecule has 85 heavy (non-hydrogen) atoms. The van der Waals surface area contributed by atoms with Gasteiger partial charge < -0.3 is 84.3 Å². The maximum atomic E-state index is 14.7. The zero-order valence-corrected chi connectivity index (χ0v) is 47.6. The van der Waals surface area contributed by atoms with Gasteiger partial charge in [0.1, 0.15) is 54.1 Å². The second-order valence-corrected chi connectivity index (χ2v) is 21.5. The lowest BCUT2D eigenvalue weighted by molar-refractivity contribution is -0.143. The number of carboxylic acid groups (broad SMARTS) is 1. The number of phenols is 1. The number of aromatic amines is 3. The molecule has 0 aliphatic carbocycles. The molecule has 3 aromatic heterocycles. The lowest BCUT2D eigenvalue weighted by atomic mass is 9.99. The van der Waals surface area contributed by atoms with Crippen molar-refractivity contribution in [3.8, 4) is 5.75 Å². The Morgan fingerprint density at radius 1 is 0.529 bits per heavy atom. The fourth-order valence-electron chi connectivity index (χ4n) is 9.37. The number of aliphatic hydroxyl groups excluding tert-OH is 1. The minimum absolute atomic E-state index is 0.106. The van der Waals surface area contributed by atoms with E-state index in [1.165, 1.54) is 43.7 Å². The number of H-pyrrole nitrogens is 3. The van der Waals surface area contributed by atoms with Gasteiger partial charge in [-0.15, -0.1) is 0 Å². The summed E-state index contributed by atoms with van der Waals surface area (Å²) in [4.78, 5) is 151. The molecule has 0 spiro atoms. The third kappa shape index (κ3) is 18.4. The second kappa shape index (κ2) is 30.1. The van der Waals surface area contributed by atoms with Gasteiger partial charge in [-0.25, -0.2) is 9.78 Å². The molecule has 9 atom stereocenters. The monoisotopic (exact) mass is 1170 g/mol. The van der Waals surface area contributed by atoms with Gasteiger partial charge in [0.2, 0.25) is 53.2 Å². The number of para-hydroxylation sites is 2. The number of carboxylic acids is 1. The van der Waals surface area contributed by atoms with Gasteiger partial charge in [-0.2, -0.15) is 0 Å². The summed E-state index contributed by atoms with van der Waals surface area (Å²) in [5.41, 5.74) is 14.7. The highest BCUT2D eigenvalue weighted by Gasteiger charge is 2.37. The van der Waals surface area contributed by atoms with Crippen LogP contribution in [-0.2, 0) is 73.6 Å². The molecule has 3 heterocycles. The number of amides is 9. The largest absolute Gasteiger partial charge is 0.508 e. The van der Waals surface area contributed by atoms with Crippen LogP contribution in [0.4, 0.5) is 0 Å². The molecule has 0 aliphatic rings. The number of hydrogen-bond acceptors (Lipinski definition) is 14. The van der Waals surface area contributed by atoms with Gasteiger partial charge in [-0.1, -0.05) is 76.2 Å².